The fourth-order valence-electron chi connectivity index (χ4n) is 7.96. The lowest BCUT2D eigenvalue weighted by atomic mass is 10.0. The Morgan fingerprint density at radius 1 is 0.575 bits per heavy atom. The smallest absolute Gasteiger partial charge is 0.242 e. The number of benzene rings is 1. The number of aliphatic imine (C=N–C) groups is 4. The number of hydrogen-bond donors (Lipinski definition) is 12. The Bertz CT molecular complexity index is 1950. The minimum atomic E-state index is -1.09. The highest BCUT2D eigenvalue weighted by molar-refractivity contribution is 5.93. The van der Waals surface area contributed by atoms with Gasteiger partial charge in [0.25, 0.3) is 0 Å². The summed E-state index contributed by atoms with van der Waals surface area (Å²) in [5.41, 5.74) is 56.6. The summed E-state index contributed by atoms with van der Waals surface area (Å²) in [4.78, 5) is 107. The molecule has 1 heterocycles. The molecule has 1 aromatic rings. The van der Waals surface area contributed by atoms with E-state index in [9.17, 15) is 28.8 Å². The number of likely N-dealkylation sites (tertiary alicyclic amines) is 1. The minimum absolute atomic E-state index is 0.00208. The first-order chi connectivity index (χ1) is 34.9. The summed E-state index contributed by atoms with van der Waals surface area (Å²) in [6.07, 6.45) is 5.97. The van der Waals surface area contributed by atoms with Crippen LogP contribution in [-0.2, 0) is 35.3 Å². The molecule has 0 unspecified atom stereocenters. The van der Waals surface area contributed by atoms with Crippen molar-refractivity contribution in [1.29, 1.82) is 0 Å². The number of nitrogens with zero attached hydrogens (tertiary/aromatic N) is 9. The summed E-state index contributed by atoms with van der Waals surface area (Å²) in [7, 11) is 0. The maximum absolute atomic E-state index is 14.9. The van der Waals surface area contributed by atoms with Crippen LogP contribution in [0.1, 0.15) is 76.2 Å². The van der Waals surface area contributed by atoms with Crippen LogP contribution in [0.5, 0.6) is 0 Å². The van der Waals surface area contributed by atoms with Crippen molar-refractivity contribution in [3.63, 3.8) is 0 Å². The summed E-state index contributed by atoms with van der Waals surface area (Å²) in [6.45, 7) is 2.10. The Hall–Kier alpha value is -7.00. The van der Waals surface area contributed by atoms with Crippen molar-refractivity contribution < 1.29 is 28.8 Å². The van der Waals surface area contributed by atoms with E-state index >= 15 is 0 Å². The Morgan fingerprint density at radius 3 is 1.58 bits per heavy atom. The van der Waals surface area contributed by atoms with Gasteiger partial charge in [-0.1, -0.05) is 43.2 Å². The molecule has 1 aromatic carbocycles. The number of primary amides is 1. The Balaban J connectivity index is 2.49. The molecule has 0 aromatic heterocycles. The lowest BCUT2D eigenvalue weighted by Crippen LogP contribution is -2.56. The quantitative estimate of drug-likeness (QED) is 0.0169. The van der Waals surface area contributed by atoms with E-state index in [0.29, 0.717) is 58.4 Å². The van der Waals surface area contributed by atoms with Crippen LogP contribution in [0.25, 0.3) is 0 Å². The molecular formula is C46H85N21O6. The first-order valence-corrected chi connectivity index (χ1v) is 25.0. The average molecular weight is 1030 g/mol. The fourth-order valence-corrected chi connectivity index (χ4v) is 7.96. The Labute approximate surface area is 429 Å². The molecule has 0 aliphatic carbocycles. The van der Waals surface area contributed by atoms with E-state index in [0.717, 1.165) is 31.2 Å². The van der Waals surface area contributed by atoms with Crippen LogP contribution >= 0.6 is 0 Å². The molecule has 6 amide bonds. The maximum Gasteiger partial charge on any atom is 0.242 e. The van der Waals surface area contributed by atoms with Gasteiger partial charge in [0.15, 0.2) is 23.8 Å². The van der Waals surface area contributed by atoms with E-state index in [1.54, 1.807) is 0 Å². The van der Waals surface area contributed by atoms with E-state index in [1.807, 2.05) is 30.3 Å². The van der Waals surface area contributed by atoms with Gasteiger partial charge in [0.05, 0.1) is 26.2 Å². The summed E-state index contributed by atoms with van der Waals surface area (Å²) >= 11 is 0. The topological polar surface area (TPSA) is 452 Å². The van der Waals surface area contributed by atoms with Gasteiger partial charge in [-0.2, -0.15) is 0 Å². The number of guanidine groups is 4. The number of unbranched alkanes of at least 4 members (excludes halogenated alkanes) is 3. The largest absolute Gasteiger partial charge is 0.370 e. The SMILES string of the molecule is NCCCCCCNCC(=O)N(CCCN=C(N)N)CC(=O)N(CCCN=C(N)N)CC(=O)N(CC(=O)N(CCCN=C(N)N)CC(=O)N[C@H](CCCN=C(N)N)C(N)=O)C1CCN(Cc2ccccc2)CC1. The van der Waals surface area contributed by atoms with Gasteiger partial charge in [-0.25, -0.2) is 0 Å². The van der Waals surface area contributed by atoms with Gasteiger partial charge in [-0.15, -0.1) is 0 Å². The molecule has 410 valence electrons. The number of nitrogens with one attached hydrogen (secondary N) is 2. The van der Waals surface area contributed by atoms with E-state index in [4.69, 9.17) is 57.3 Å². The number of carbonyl (C=O) groups excluding carboxylic acids is 6. The van der Waals surface area contributed by atoms with E-state index < -0.39 is 61.3 Å². The Morgan fingerprint density at radius 2 is 1.05 bits per heavy atom. The third kappa shape index (κ3) is 28.0. The van der Waals surface area contributed by atoms with Crippen molar-refractivity contribution in [2.45, 2.75) is 89.3 Å². The number of carbonyl (C=O) groups is 6. The van der Waals surface area contributed by atoms with E-state index in [2.05, 4.69) is 35.5 Å². The standard InChI is InChI=1S/C46H85N21O6/c47-17-6-1-2-7-18-57-28-38(69)65(24-10-21-60-45(53)54)31-39(70)66(25-11-22-61-46(55)56)32-41(72)67(35-15-26-63(27-16-35)29-34-12-4-3-5-13-34)33-40(71)64(23-9-20-59-44(51)52)30-37(68)62-36(42(48)73)14-8-19-58-43(49)50/h3-5,12-13,35-36,57H,1-2,6-11,14-33,47H2,(H2,48,73)(H,62,68)(H4,49,50,58)(H4,51,52,59)(H4,53,54,60)(H4,55,56,61)/t36-/m1/s1. The first kappa shape index (κ1) is 62.1. The minimum Gasteiger partial charge on any atom is -0.370 e. The number of hydrogen-bond acceptors (Lipinski definition) is 13. The van der Waals surface area contributed by atoms with Gasteiger partial charge in [0.1, 0.15) is 12.6 Å². The zero-order chi connectivity index (χ0) is 54.0. The second kappa shape index (κ2) is 36.0. The Kier molecular flexibility index (Phi) is 30.6. The van der Waals surface area contributed by atoms with Crippen LogP contribution in [-0.4, -0.2) is 201 Å². The zero-order valence-corrected chi connectivity index (χ0v) is 42.6. The van der Waals surface area contributed by atoms with Crippen LogP contribution in [0.2, 0.25) is 0 Å². The third-order valence-electron chi connectivity index (χ3n) is 11.8. The second-order valence-corrected chi connectivity index (χ2v) is 17.8. The van der Waals surface area contributed by atoms with Crippen LogP contribution in [0.15, 0.2) is 50.3 Å². The van der Waals surface area contributed by atoms with Gasteiger partial charge in [0, 0.05) is 71.5 Å². The second-order valence-electron chi connectivity index (χ2n) is 17.8. The van der Waals surface area contributed by atoms with Crippen molar-refractivity contribution >= 4 is 59.3 Å². The van der Waals surface area contributed by atoms with Crippen molar-refractivity contribution in [2.75, 3.05) is 105 Å². The molecule has 1 saturated heterocycles. The molecule has 1 fully saturated rings. The molecule has 2 rings (SSSR count). The van der Waals surface area contributed by atoms with Crippen LogP contribution in [0.3, 0.4) is 0 Å². The van der Waals surface area contributed by atoms with Crippen LogP contribution < -0.4 is 68.0 Å². The number of rotatable bonds is 37. The monoisotopic (exact) mass is 1030 g/mol. The first-order valence-electron chi connectivity index (χ1n) is 25.0. The normalized spacial score (nSPS) is 12.9. The highest BCUT2D eigenvalue weighted by Crippen LogP contribution is 2.20. The number of nitrogens with two attached hydrogens (primary N) is 10. The summed E-state index contributed by atoms with van der Waals surface area (Å²) < 4.78 is 0. The molecule has 73 heavy (non-hydrogen) atoms. The van der Waals surface area contributed by atoms with Crippen molar-refractivity contribution in [3.05, 3.63) is 35.9 Å². The average Bonchev–Trinajstić information content (AvgIpc) is 3.34. The summed E-state index contributed by atoms with van der Waals surface area (Å²) in [5, 5.41) is 5.77. The molecule has 1 atom stereocenters. The number of amides is 6. The van der Waals surface area contributed by atoms with Crippen LogP contribution in [0.4, 0.5) is 0 Å². The molecule has 27 nitrogen and oxygen atoms in total. The highest BCUT2D eigenvalue weighted by atomic mass is 16.2. The third-order valence-corrected chi connectivity index (χ3v) is 11.8. The lowest BCUT2D eigenvalue weighted by molar-refractivity contribution is -0.148. The molecule has 27 heteroatoms. The van der Waals surface area contributed by atoms with Crippen molar-refractivity contribution in [1.82, 2.24) is 35.1 Å². The van der Waals surface area contributed by atoms with Gasteiger partial charge in [0.2, 0.25) is 35.4 Å². The molecule has 0 saturated carbocycles. The van der Waals surface area contributed by atoms with Crippen LogP contribution in [0, 0.1) is 0 Å². The summed E-state index contributed by atoms with van der Waals surface area (Å²) in [5.74, 6) is -4.00. The zero-order valence-electron chi connectivity index (χ0n) is 42.6. The highest BCUT2D eigenvalue weighted by Gasteiger charge is 2.34. The van der Waals surface area contributed by atoms with E-state index in [1.165, 1.54) is 19.6 Å². The molecule has 0 radical (unpaired) electrons. The molecule has 1 aliphatic rings. The molecular weight excluding hydrogens is 943 g/mol. The molecule has 1 aliphatic heterocycles. The molecule has 0 bridgehead atoms. The van der Waals surface area contributed by atoms with Gasteiger partial charge < -0.3 is 87.6 Å². The lowest BCUT2D eigenvalue weighted by Gasteiger charge is -2.40. The van der Waals surface area contributed by atoms with Crippen molar-refractivity contribution in [3.8, 4) is 0 Å². The number of piperidine rings is 1. The maximum atomic E-state index is 14.9. The predicted octanol–water partition coefficient (Wildman–Crippen LogP) is -4.91. The summed E-state index contributed by atoms with van der Waals surface area (Å²) in [6, 6.07) is 8.43. The fraction of sp³-hybridized carbons (Fsp3) is 0.652. The van der Waals surface area contributed by atoms with Gasteiger partial charge in [-0.3, -0.25) is 53.6 Å². The predicted molar refractivity (Wildman–Crippen MR) is 284 cm³/mol. The van der Waals surface area contributed by atoms with Gasteiger partial charge in [-0.05, 0) is 76.4 Å². The van der Waals surface area contributed by atoms with Gasteiger partial charge >= 0.3 is 0 Å². The molecule has 0 spiro atoms. The van der Waals surface area contributed by atoms with E-state index in [-0.39, 0.29) is 108 Å². The van der Waals surface area contributed by atoms with Crippen molar-refractivity contribution in [2.24, 2.45) is 77.3 Å². The molecule has 22 N–H and O–H groups in total.